The van der Waals surface area contributed by atoms with Gasteiger partial charge in [0.05, 0.1) is 26.1 Å². The predicted molar refractivity (Wildman–Crippen MR) is 212 cm³/mol. The molecule has 0 saturated carbocycles. The van der Waals surface area contributed by atoms with Crippen molar-refractivity contribution in [2.75, 3.05) is 16.2 Å². The Morgan fingerprint density at radius 2 is 1.05 bits per heavy atom. The Bertz CT molecular complexity index is 3120. The number of phenols is 2. The van der Waals surface area contributed by atoms with Crippen LogP contribution in [0.4, 0.5) is 22.7 Å². The molecule has 0 atom stereocenters. The van der Waals surface area contributed by atoms with E-state index < -0.39 is 85.1 Å². The standard InChI is InChI=1S/C38H27N5O13S3.2Cu/c44-29-16-20(9-13-27(29)40-42-35-33(59(54,55)56)19-23-15-25(11-12-26(23)37(35)46)39-24-6-2-1-3-7-24)21-10-14-28(30(45)17-21)41-43-36-32(58(51,52)53)18-22-5-4-8-31(57(48,49)50)34(22)38(36)47;;/h1-19,39-41,44-45H,(H,48,49,50)(H,51,52,53)(H,54,55,56);;/p-3. The van der Waals surface area contributed by atoms with Crippen LogP contribution < -0.4 is 16.2 Å². The molecule has 61 heavy (non-hydrogen) atoms. The Labute approximate surface area is 368 Å². The first kappa shape index (κ1) is 46.1. The zero-order valence-corrected chi connectivity index (χ0v) is 34.4. The number of carbonyl (C=O) groups excluding carboxylic acids is 2. The summed E-state index contributed by atoms with van der Waals surface area (Å²) in [5.41, 5.74) is 3.54. The number of nitrogens with zero attached hydrogens (tertiary/aromatic N) is 2. The number of aromatic hydroxyl groups is 2. The van der Waals surface area contributed by atoms with Crippen LogP contribution in [0.3, 0.4) is 0 Å². The van der Waals surface area contributed by atoms with E-state index in [1.807, 2.05) is 6.07 Å². The second-order valence-corrected chi connectivity index (χ2v) is 16.7. The minimum Gasteiger partial charge on any atom is -0.744 e. The number of hydrogen-bond acceptors (Lipinski definition) is 18. The van der Waals surface area contributed by atoms with Gasteiger partial charge in [0.15, 0.2) is 0 Å². The number of ketones is 2. The van der Waals surface area contributed by atoms with Crippen molar-refractivity contribution in [2.45, 2.75) is 4.90 Å². The van der Waals surface area contributed by atoms with Gasteiger partial charge in [-0.15, -0.1) is 0 Å². The second-order valence-electron chi connectivity index (χ2n) is 12.7. The third-order valence-corrected chi connectivity index (χ3v) is 11.4. The summed E-state index contributed by atoms with van der Waals surface area (Å²) in [5.74, 6) is -3.25. The number of Topliss-reactive ketones (excluding diaryl/α,β-unsaturated/α-hetero) is 2. The molecular weight excluding hydrogens is 958 g/mol. The molecule has 7 rings (SSSR count). The number of fused-ring (bicyclic) bond motifs is 2. The van der Waals surface area contributed by atoms with Crippen molar-refractivity contribution >= 4 is 88.2 Å². The summed E-state index contributed by atoms with van der Waals surface area (Å²) in [4.78, 5) is 23.7. The van der Waals surface area contributed by atoms with Gasteiger partial charge in [0.25, 0.3) is 0 Å². The average molecular weight is 982 g/mol. The number of allylic oxidation sites excluding steroid dienone is 2. The van der Waals surface area contributed by atoms with Crippen LogP contribution in [-0.4, -0.2) is 72.1 Å². The largest absolute Gasteiger partial charge is 0.744 e. The molecular formula is C38H24Cu2N5O13S3-3. The van der Waals surface area contributed by atoms with E-state index in [-0.39, 0.29) is 73.3 Å². The molecule has 2 aliphatic rings. The number of rotatable bonds is 10. The zero-order valence-electron chi connectivity index (χ0n) is 30.1. The molecule has 0 spiro atoms. The molecule has 5 aromatic carbocycles. The van der Waals surface area contributed by atoms with Gasteiger partial charge in [-0.05, 0) is 95.1 Å². The molecule has 5 aromatic rings. The van der Waals surface area contributed by atoms with Crippen molar-refractivity contribution in [3.8, 4) is 22.6 Å². The number of hydrogen-bond donors (Lipinski definition) is 5. The second kappa shape index (κ2) is 17.6. The number of nitrogens with one attached hydrogen (secondary N) is 3. The van der Waals surface area contributed by atoms with Crippen molar-refractivity contribution in [3.63, 3.8) is 0 Å². The maximum atomic E-state index is 13.4. The normalized spacial score (nSPS) is 15.1. The Morgan fingerprint density at radius 3 is 1.56 bits per heavy atom. The Kier molecular flexibility index (Phi) is 13.3. The van der Waals surface area contributed by atoms with Crippen LogP contribution in [0, 0.1) is 0 Å². The minimum atomic E-state index is -5.38. The number of phenolic OH excluding ortho intramolecular Hbond substituents is 2. The number of carbonyl (C=O) groups is 2. The number of para-hydroxylation sites is 1. The summed E-state index contributed by atoms with van der Waals surface area (Å²) >= 11 is 0. The van der Waals surface area contributed by atoms with Gasteiger partial charge in [0.1, 0.15) is 53.3 Å². The topological polar surface area (TPSA) is 307 Å². The van der Waals surface area contributed by atoms with E-state index in [0.717, 1.165) is 30.0 Å². The molecule has 5 N–H and O–H groups in total. The van der Waals surface area contributed by atoms with E-state index in [1.54, 1.807) is 30.3 Å². The van der Waals surface area contributed by atoms with Crippen LogP contribution in [0.5, 0.6) is 11.5 Å². The van der Waals surface area contributed by atoms with Gasteiger partial charge in [0.2, 0.25) is 11.6 Å². The fourth-order valence-corrected chi connectivity index (χ4v) is 8.10. The molecule has 0 unspecified atom stereocenters. The SMILES string of the molecule is O=C1C(=NNc2ccc(-c3ccc(NN=C4C(=O)c5c(cccc5S(=O)(=O)[O-])C=C4S(=O)(=O)[O-])c(O)c3)cc2O)C(S(=O)(=O)[O-])=Cc2cc(Nc3ccccc3)ccc21.[Cu].[Cu]. The molecule has 0 bridgehead atoms. The summed E-state index contributed by atoms with van der Waals surface area (Å²) in [6, 6.07) is 24.3. The first-order valence-corrected chi connectivity index (χ1v) is 20.9. The Balaban J connectivity index is 0.00000352. The number of benzene rings is 5. The molecule has 0 heterocycles. The fourth-order valence-electron chi connectivity index (χ4n) is 6.10. The van der Waals surface area contributed by atoms with Gasteiger partial charge < -0.3 is 29.2 Å². The monoisotopic (exact) mass is 980 g/mol. The summed E-state index contributed by atoms with van der Waals surface area (Å²) in [6.45, 7) is 0. The maximum Gasteiger partial charge on any atom is 0.216 e. The molecule has 2 aliphatic carbocycles. The van der Waals surface area contributed by atoms with Gasteiger partial charge >= 0.3 is 0 Å². The van der Waals surface area contributed by atoms with Gasteiger partial charge in [-0.1, -0.05) is 42.5 Å². The van der Waals surface area contributed by atoms with Crippen LogP contribution in [-0.2, 0) is 64.5 Å². The molecule has 18 nitrogen and oxygen atoms in total. The first-order chi connectivity index (χ1) is 27.8. The summed E-state index contributed by atoms with van der Waals surface area (Å²) < 4.78 is 108. The fraction of sp³-hybridized carbons (Fsp3) is 0. The van der Waals surface area contributed by atoms with Crippen molar-refractivity contribution in [1.82, 2.24) is 0 Å². The van der Waals surface area contributed by atoms with Crippen molar-refractivity contribution in [3.05, 3.63) is 135 Å². The minimum absolute atomic E-state index is 0. The summed E-state index contributed by atoms with van der Waals surface area (Å²) in [7, 11) is -15.8. The molecule has 322 valence electrons. The predicted octanol–water partition coefficient (Wildman–Crippen LogP) is 4.51. The molecule has 0 aromatic heterocycles. The van der Waals surface area contributed by atoms with E-state index in [2.05, 4.69) is 26.4 Å². The number of hydrazone groups is 2. The summed E-state index contributed by atoms with van der Waals surface area (Å²) in [6.07, 6.45) is 1.72. The Morgan fingerprint density at radius 1 is 0.525 bits per heavy atom. The Hall–Kier alpha value is -5.97. The molecule has 2 radical (unpaired) electrons. The number of anilines is 4. The molecule has 0 amide bonds. The van der Waals surface area contributed by atoms with Gasteiger partial charge in [-0.25, -0.2) is 25.3 Å². The molecule has 0 fully saturated rings. The van der Waals surface area contributed by atoms with E-state index >= 15 is 0 Å². The first-order valence-electron chi connectivity index (χ1n) is 16.6. The van der Waals surface area contributed by atoms with E-state index in [0.29, 0.717) is 11.8 Å². The van der Waals surface area contributed by atoms with Crippen molar-refractivity contribution < 1.29 is 92.9 Å². The van der Waals surface area contributed by atoms with Crippen LogP contribution >= 0.6 is 0 Å². The third kappa shape index (κ3) is 9.66. The molecule has 23 heteroatoms. The van der Waals surface area contributed by atoms with Gasteiger partial charge in [0, 0.05) is 56.6 Å². The van der Waals surface area contributed by atoms with Crippen molar-refractivity contribution in [2.24, 2.45) is 10.2 Å². The zero-order chi connectivity index (χ0) is 42.4. The van der Waals surface area contributed by atoms with Gasteiger partial charge in [-0.3, -0.25) is 20.4 Å². The smallest absolute Gasteiger partial charge is 0.216 e. The van der Waals surface area contributed by atoms with Crippen molar-refractivity contribution in [1.29, 1.82) is 0 Å². The summed E-state index contributed by atoms with van der Waals surface area (Å²) in [5, 5.41) is 32.2. The quantitative estimate of drug-likeness (QED) is 0.0556. The van der Waals surface area contributed by atoms with E-state index in [1.165, 1.54) is 48.5 Å². The molecule has 0 saturated heterocycles. The van der Waals surface area contributed by atoms with Crippen LogP contribution in [0.1, 0.15) is 31.8 Å². The molecule has 0 aliphatic heterocycles. The van der Waals surface area contributed by atoms with E-state index in [4.69, 9.17) is 0 Å². The van der Waals surface area contributed by atoms with Crippen LogP contribution in [0.15, 0.2) is 128 Å². The maximum absolute atomic E-state index is 13.4. The van der Waals surface area contributed by atoms with Crippen LogP contribution in [0.25, 0.3) is 23.3 Å². The average Bonchev–Trinajstić information content (AvgIpc) is 3.17. The van der Waals surface area contributed by atoms with E-state index in [9.17, 15) is 58.7 Å². The third-order valence-electron chi connectivity index (χ3n) is 8.83. The van der Waals surface area contributed by atoms with Gasteiger partial charge in [-0.2, -0.15) is 10.2 Å². The van der Waals surface area contributed by atoms with Crippen LogP contribution in [0.2, 0.25) is 0 Å².